The topological polar surface area (TPSA) is 71.1 Å². The van der Waals surface area contributed by atoms with E-state index in [0.29, 0.717) is 13.2 Å². The second-order valence-corrected chi connectivity index (χ2v) is 10.9. The van der Waals surface area contributed by atoms with Gasteiger partial charge < -0.3 is 18.9 Å². The number of rotatable bonds is 25. The fourth-order valence-corrected chi connectivity index (χ4v) is 4.80. The number of carbonyl (C=O) groups is 2. The van der Waals surface area contributed by atoms with Crippen molar-refractivity contribution in [1.29, 1.82) is 0 Å². The summed E-state index contributed by atoms with van der Waals surface area (Å²) in [6.45, 7) is 0.775. The van der Waals surface area contributed by atoms with Crippen LogP contribution in [-0.2, 0) is 18.9 Å². The monoisotopic (exact) mass is 558 g/mol. The summed E-state index contributed by atoms with van der Waals surface area (Å²) < 4.78 is 19.5. The summed E-state index contributed by atoms with van der Waals surface area (Å²) in [6.07, 6.45) is 41.0. The van der Waals surface area contributed by atoms with Crippen molar-refractivity contribution in [2.45, 2.75) is 141 Å². The van der Waals surface area contributed by atoms with Crippen molar-refractivity contribution in [3.05, 3.63) is 48.6 Å². The van der Waals surface area contributed by atoms with Gasteiger partial charge in [-0.3, -0.25) is 0 Å². The third kappa shape index (κ3) is 19.5. The smallest absolute Gasteiger partial charge is 0.430 e. The first-order chi connectivity index (χ1) is 19.7. The maximum atomic E-state index is 10.8. The largest absolute Gasteiger partial charge is 0.508 e. The van der Waals surface area contributed by atoms with Crippen LogP contribution in [0.5, 0.6) is 0 Å². The van der Waals surface area contributed by atoms with Gasteiger partial charge in [-0.05, 0) is 77.0 Å². The Morgan fingerprint density at radius 1 is 0.425 bits per heavy atom. The lowest BCUT2D eigenvalue weighted by molar-refractivity contribution is 0.117. The number of hydrogen-bond acceptors (Lipinski definition) is 6. The highest BCUT2D eigenvalue weighted by molar-refractivity contribution is 5.62. The lowest BCUT2D eigenvalue weighted by Crippen LogP contribution is -2.07. The average molecular weight is 559 g/mol. The first-order valence-corrected chi connectivity index (χ1v) is 16.0. The van der Waals surface area contributed by atoms with Gasteiger partial charge in [0.25, 0.3) is 0 Å². The summed E-state index contributed by atoms with van der Waals surface area (Å²) in [5.74, 6) is 0. The zero-order valence-corrected chi connectivity index (χ0v) is 24.8. The van der Waals surface area contributed by atoms with Gasteiger partial charge in [0.1, 0.15) is 25.4 Å². The van der Waals surface area contributed by atoms with Crippen LogP contribution in [0.15, 0.2) is 48.6 Å². The Hall–Kier alpha value is -2.50. The van der Waals surface area contributed by atoms with Gasteiger partial charge in [0.05, 0.1) is 0 Å². The summed E-state index contributed by atoms with van der Waals surface area (Å²) in [5.41, 5.74) is 0. The van der Waals surface area contributed by atoms with E-state index in [2.05, 4.69) is 48.6 Å². The van der Waals surface area contributed by atoms with Crippen LogP contribution in [-0.4, -0.2) is 37.7 Å². The highest BCUT2D eigenvalue weighted by Crippen LogP contribution is 2.13. The molecule has 6 nitrogen and oxygen atoms in total. The number of allylic oxidation sites excluding steroid dienone is 6. The third-order valence-corrected chi connectivity index (χ3v) is 7.24. The third-order valence-electron chi connectivity index (χ3n) is 7.24. The Bertz CT molecular complexity index is 704. The van der Waals surface area contributed by atoms with Crippen molar-refractivity contribution in [2.24, 2.45) is 0 Å². The predicted octanol–water partition coefficient (Wildman–Crippen LogP) is 10.1. The molecule has 0 saturated carbocycles. The van der Waals surface area contributed by atoms with Gasteiger partial charge >= 0.3 is 12.3 Å². The molecule has 2 heterocycles. The lowest BCUT2D eigenvalue weighted by atomic mass is 10.1. The molecule has 40 heavy (non-hydrogen) atoms. The lowest BCUT2D eigenvalue weighted by Gasteiger charge is -2.01. The molecule has 0 bridgehead atoms. The number of hydrogen-bond donors (Lipinski definition) is 0. The SMILES string of the molecule is O=C1OCC(CC=CCCCCCCC=CCCCCCCC=CCCCCCCC=CCC2COC(=O)O2)O1. The van der Waals surface area contributed by atoms with E-state index >= 15 is 0 Å². The highest BCUT2D eigenvalue weighted by Gasteiger charge is 2.23. The molecule has 0 radical (unpaired) electrons. The fraction of sp³-hybridized carbons (Fsp3) is 0.706. The molecule has 2 rings (SSSR count). The molecule has 2 aliphatic rings. The maximum Gasteiger partial charge on any atom is 0.508 e. The van der Waals surface area contributed by atoms with E-state index < -0.39 is 12.3 Å². The van der Waals surface area contributed by atoms with Crippen molar-refractivity contribution in [1.82, 2.24) is 0 Å². The van der Waals surface area contributed by atoms with Crippen LogP contribution in [0.1, 0.15) is 128 Å². The van der Waals surface area contributed by atoms with Crippen LogP contribution in [0.2, 0.25) is 0 Å². The van der Waals surface area contributed by atoms with Crippen LogP contribution in [0, 0.1) is 0 Å². The summed E-state index contributed by atoms with van der Waals surface area (Å²) in [5, 5.41) is 0. The van der Waals surface area contributed by atoms with E-state index in [9.17, 15) is 9.59 Å². The van der Waals surface area contributed by atoms with E-state index in [4.69, 9.17) is 18.9 Å². The minimum atomic E-state index is -0.536. The van der Waals surface area contributed by atoms with Gasteiger partial charge in [0.15, 0.2) is 0 Å². The Morgan fingerprint density at radius 2 is 0.700 bits per heavy atom. The summed E-state index contributed by atoms with van der Waals surface area (Å²) in [7, 11) is 0. The van der Waals surface area contributed by atoms with Gasteiger partial charge in [-0.1, -0.05) is 87.1 Å². The van der Waals surface area contributed by atoms with Crippen molar-refractivity contribution in [3.63, 3.8) is 0 Å². The summed E-state index contributed by atoms with van der Waals surface area (Å²) in [4.78, 5) is 21.7. The molecule has 2 aliphatic heterocycles. The molecule has 0 N–H and O–H groups in total. The Kier molecular flexibility index (Phi) is 20.5. The van der Waals surface area contributed by atoms with E-state index in [0.717, 1.165) is 25.7 Å². The first kappa shape index (κ1) is 33.7. The average Bonchev–Trinajstić information content (AvgIpc) is 3.57. The molecule has 6 heteroatoms. The molecule has 2 unspecified atom stereocenters. The molecule has 226 valence electrons. The molecule has 0 amide bonds. The molecule has 2 fully saturated rings. The number of carbonyl (C=O) groups excluding carboxylic acids is 2. The predicted molar refractivity (Wildman–Crippen MR) is 161 cm³/mol. The quantitative estimate of drug-likeness (QED) is 0.0630. The zero-order chi connectivity index (χ0) is 28.4. The second-order valence-electron chi connectivity index (χ2n) is 10.9. The normalized spacial score (nSPS) is 19.3. The number of cyclic esters (lactones) is 4. The molecule has 2 atom stereocenters. The first-order valence-electron chi connectivity index (χ1n) is 16.0. The van der Waals surface area contributed by atoms with Crippen LogP contribution in [0.3, 0.4) is 0 Å². The van der Waals surface area contributed by atoms with Crippen LogP contribution >= 0.6 is 0 Å². The van der Waals surface area contributed by atoms with E-state index in [1.165, 1.54) is 103 Å². The van der Waals surface area contributed by atoms with E-state index in [-0.39, 0.29) is 12.2 Å². The van der Waals surface area contributed by atoms with E-state index in [1.54, 1.807) is 0 Å². The Balaban J connectivity index is 1.21. The van der Waals surface area contributed by atoms with Crippen LogP contribution in [0.4, 0.5) is 9.59 Å². The molecule has 0 aromatic heterocycles. The van der Waals surface area contributed by atoms with Crippen molar-refractivity contribution < 1.29 is 28.5 Å². The van der Waals surface area contributed by atoms with Crippen molar-refractivity contribution in [2.75, 3.05) is 13.2 Å². The maximum absolute atomic E-state index is 10.8. The molecule has 0 aromatic carbocycles. The highest BCUT2D eigenvalue weighted by atomic mass is 16.8. The number of ether oxygens (including phenoxy) is 4. The van der Waals surface area contributed by atoms with Gasteiger partial charge in [-0.2, -0.15) is 0 Å². The minimum Gasteiger partial charge on any atom is -0.430 e. The Morgan fingerprint density at radius 3 is 0.950 bits per heavy atom. The van der Waals surface area contributed by atoms with E-state index in [1.807, 2.05) is 0 Å². The van der Waals surface area contributed by atoms with Gasteiger partial charge in [-0.15, -0.1) is 0 Å². The van der Waals surface area contributed by atoms with Crippen LogP contribution < -0.4 is 0 Å². The van der Waals surface area contributed by atoms with Gasteiger partial charge in [0, 0.05) is 12.8 Å². The zero-order valence-electron chi connectivity index (χ0n) is 24.8. The summed E-state index contributed by atoms with van der Waals surface area (Å²) in [6, 6.07) is 0. The molecule has 2 saturated heterocycles. The molecular weight excluding hydrogens is 504 g/mol. The van der Waals surface area contributed by atoms with Crippen molar-refractivity contribution in [3.8, 4) is 0 Å². The van der Waals surface area contributed by atoms with Gasteiger partial charge in [0.2, 0.25) is 0 Å². The summed E-state index contributed by atoms with van der Waals surface area (Å²) >= 11 is 0. The standard InChI is InChI=1S/C34H54O6/c35-33-37-29-31(39-33)27-25-23-21-19-17-15-13-11-9-7-5-3-1-2-4-6-8-10-12-14-16-18-20-22-24-26-28-32-30-38-34(36)40-32/h7-10,23-26,31-32H,1-6,11-22,27-30H2. The molecule has 0 aliphatic carbocycles. The fourth-order valence-electron chi connectivity index (χ4n) is 4.80. The molecule has 0 aromatic rings. The van der Waals surface area contributed by atoms with Gasteiger partial charge in [-0.25, -0.2) is 9.59 Å². The molecule has 0 spiro atoms. The Labute approximate surface area is 243 Å². The second kappa shape index (κ2) is 24.3. The molecular formula is C34H54O6. The minimum absolute atomic E-state index is 0.0922. The van der Waals surface area contributed by atoms with Crippen molar-refractivity contribution >= 4 is 12.3 Å². The number of unbranched alkanes of at least 4 members (excludes halogenated alkanes) is 15. The van der Waals surface area contributed by atoms with Crippen LogP contribution in [0.25, 0.3) is 0 Å².